The van der Waals surface area contributed by atoms with Gasteiger partial charge in [-0.1, -0.05) is 18.2 Å². The van der Waals surface area contributed by atoms with E-state index in [1.165, 1.54) is 12.1 Å². The number of ether oxygens (including phenoxy) is 1. The van der Waals surface area contributed by atoms with E-state index >= 15 is 0 Å². The first-order valence-corrected chi connectivity index (χ1v) is 10.0. The van der Waals surface area contributed by atoms with Crippen LogP contribution in [-0.4, -0.2) is 36.5 Å². The molecule has 29 heavy (non-hydrogen) atoms. The van der Waals surface area contributed by atoms with Gasteiger partial charge in [-0.2, -0.15) is 0 Å². The molecule has 1 aliphatic heterocycles. The predicted octanol–water partition coefficient (Wildman–Crippen LogP) is 4.16. The number of halogens is 1. The number of anilines is 1. The number of hydrogen-bond donors (Lipinski definition) is 1. The van der Waals surface area contributed by atoms with Crippen LogP contribution in [0.1, 0.15) is 41.3 Å². The number of likely N-dealkylation sites (tertiary alicyclic amines) is 1. The Balaban J connectivity index is 1.64. The second-order valence-corrected chi connectivity index (χ2v) is 7.39. The average Bonchev–Trinajstić information content (AvgIpc) is 2.71. The Hall–Kier alpha value is -2.73. The quantitative estimate of drug-likeness (QED) is 0.743. The Bertz CT molecular complexity index is 867. The largest absolute Gasteiger partial charge is 0.462 e. The van der Waals surface area contributed by atoms with Crippen LogP contribution in [0.25, 0.3) is 0 Å². The fraction of sp³-hybridized carbons (Fsp3) is 0.391. The summed E-state index contributed by atoms with van der Waals surface area (Å²) in [5.74, 6) is -0.804. The van der Waals surface area contributed by atoms with E-state index in [0.717, 1.165) is 24.9 Å². The molecule has 0 saturated carbocycles. The summed E-state index contributed by atoms with van der Waals surface area (Å²) in [6, 6.07) is 11.7. The summed E-state index contributed by atoms with van der Waals surface area (Å²) in [7, 11) is 0. The molecule has 3 rings (SSSR count). The van der Waals surface area contributed by atoms with Crippen molar-refractivity contribution in [3.05, 3.63) is 65.0 Å². The molecule has 1 fully saturated rings. The van der Waals surface area contributed by atoms with Crippen molar-refractivity contribution >= 4 is 17.6 Å². The monoisotopic (exact) mass is 398 g/mol. The fourth-order valence-electron chi connectivity index (χ4n) is 3.70. The lowest BCUT2D eigenvalue weighted by atomic mass is 9.96. The number of carbonyl (C=O) groups is 2. The van der Waals surface area contributed by atoms with E-state index in [-0.39, 0.29) is 23.6 Å². The Morgan fingerprint density at radius 2 is 1.97 bits per heavy atom. The first-order chi connectivity index (χ1) is 14.0. The molecule has 1 N–H and O–H groups in total. The topological polar surface area (TPSA) is 58.6 Å². The second kappa shape index (κ2) is 9.65. The van der Waals surface area contributed by atoms with Gasteiger partial charge in [-0.05, 0) is 68.6 Å². The van der Waals surface area contributed by atoms with E-state index in [1.807, 2.05) is 6.92 Å². The number of amides is 1. The van der Waals surface area contributed by atoms with Crippen molar-refractivity contribution < 1.29 is 18.7 Å². The van der Waals surface area contributed by atoms with Crippen LogP contribution in [0, 0.1) is 18.7 Å². The first kappa shape index (κ1) is 21.0. The minimum atomic E-state index is -0.385. The van der Waals surface area contributed by atoms with Gasteiger partial charge in [0.15, 0.2) is 0 Å². The molecule has 1 amide bonds. The van der Waals surface area contributed by atoms with Crippen molar-refractivity contribution in [3.8, 4) is 0 Å². The van der Waals surface area contributed by atoms with Gasteiger partial charge < -0.3 is 10.1 Å². The highest BCUT2D eigenvalue weighted by Gasteiger charge is 2.26. The van der Waals surface area contributed by atoms with Crippen LogP contribution in [-0.2, 0) is 16.1 Å². The molecular weight excluding hydrogens is 371 g/mol. The van der Waals surface area contributed by atoms with Crippen molar-refractivity contribution in [1.29, 1.82) is 0 Å². The lowest BCUT2D eigenvalue weighted by Gasteiger charge is -2.32. The SMILES string of the molecule is CCOC(=O)c1cccc(NC(=O)[C@H]2CCCN(Cc3ccc(F)cc3)C2)c1C. The molecule has 0 bridgehead atoms. The van der Waals surface area contributed by atoms with Crippen molar-refractivity contribution in [2.45, 2.75) is 33.2 Å². The van der Waals surface area contributed by atoms with Crippen LogP contribution in [0.4, 0.5) is 10.1 Å². The number of nitrogens with one attached hydrogen (secondary N) is 1. The Morgan fingerprint density at radius 3 is 2.69 bits per heavy atom. The predicted molar refractivity (Wildman–Crippen MR) is 110 cm³/mol. The van der Waals surface area contributed by atoms with Gasteiger partial charge in [-0.25, -0.2) is 9.18 Å². The molecule has 0 radical (unpaired) electrons. The van der Waals surface area contributed by atoms with E-state index in [0.29, 0.717) is 36.5 Å². The van der Waals surface area contributed by atoms with Gasteiger partial charge in [-0.3, -0.25) is 9.69 Å². The fourth-order valence-corrected chi connectivity index (χ4v) is 3.70. The van der Waals surface area contributed by atoms with Crippen LogP contribution in [0.15, 0.2) is 42.5 Å². The van der Waals surface area contributed by atoms with Crippen molar-refractivity contribution in [3.63, 3.8) is 0 Å². The molecule has 5 nitrogen and oxygen atoms in total. The summed E-state index contributed by atoms with van der Waals surface area (Å²) in [6.45, 7) is 6.14. The summed E-state index contributed by atoms with van der Waals surface area (Å²) in [4.78, 5) is 27.2. The maximum absolute atomic E-state index is 13.1. The molecule has 0 aromatic heterocycles. The average molecular weight is 398 g/mol. The third kappa shape index (κ3) is 5.41. The van der Waals surface area contributed by atoms with Crippen molar-refractivity contribution in [2.75, 3.05) is 25.0 Å². The van der Waals surface area contributed by atoms with E-state index in [4.69, 9.17) is 4.74 Å². The smallest absolute Gasteiger partial charge is 0.338 e. The molecule has 154 valence electrons. The minimum Gasteiger partial charge on any atom is -0.462 e. The zero-order valence-electron chi connectivity index (χ0n) is 16.9. The molecule has 0 aliphatic carbocycles. The van der Waals surface area contributed by atoms with Crippen molar-refractivity contribution in [2.24, 2.45) is 5.92 Å². The van der Waals surface area contributed by atoms with E-state index in [1.54, 1.807) is 37.3 Å². The lowest BCUT2D eigenvalue weighted by Crippen LogP contribution is -2.40. The summed E-state index contributed by atoms with van der Waals surface area (Å²) in [5.41, 5.74) is 2.84. The molecule has 1 aliphatic rings. The summed E-state index contributed by atoms with van der Waals surface area (Å²) in [5, 5.41) is 2.99. The minimum absolute atomic E-state index is 0.0436. The number of rotatable bonds is 6. The van der Waals surface area contributed by atoms with Gasteiger partial charge in [-0.15, -0.1) is 0 Å². The van der Waals surface area contributed by atoms with E-state index in [9.17, 15) is 14.0 Å². The molecule has 1 atom stereocenters. The molecule has 0 unspecified atom stereocenters. The first-order valence-electron chi connectivity index (χ1n) is 10.0. The highest BCUT2D eigenvalue weighted by Crippen LogP contribution is 2.24. The molecule has 1 saturated heterocycles. The van der Waals surface area contributed by atoms with Crippen LogP contribution >= 0.6 is 0 Å². The van der Waals surface area contributed by atoms with E-state index < -0.39 is 0 Å². The normalized spacial score (nSPS) is 17.0. The lowest BCUT2D eigenvalue weighted by molar-refractivity contribution is -0.121. The summed E-state index contributed by atoms with van der Waals surface area (Å²) >= 11 is 0. The Kier molecular flexibility index (Phi) is 6.99. The van der Waals surface area contributed by atoms with Crippen molar-refractivity contribution in [1.82, 2.24) is 4.90 Å². The molecule has 1 heterocycles. The van der Waals surface area contributed by atoms with Gasteiger partial charge in [0, 0.05) is 18.8 Å². The van der Waals surface area contributed by atoms with Crippen LogP contribution in [0.5, 0.6) is 0 Å². The zero-order valence-corrected chi connectivity index (χ0v) is 16.9. The number of benzene rings is 2. The molecule has 2 aromatic carbocycles. The molecule has 2 aromatic rings. The standard InChI is InChI=1S/C23H27FN2O3/c1-3-29-23(28)20-7-4-8-21(16(20)2)25-22(27)18-6-5-13-26(15-18)14-17-9-11-19(24)12-10-17/h4,7-12,18H,3,5-6,13-15H2,1-2H3,(H,25,27)/t18-/m0/s1. The number of esters is 1. The molecular formula is C23H27FN2O3. The van der Waals surface area contributed by atoms with Gasteiger partial charge in [0.2, 0.25) is 5.91 Å². The number of nitrogens with zero attached hydrogens (tertiary/aromatic N) is 1. The summed E-state index contributed by atoms with van der Waals surface area (Å²) in [6.07, 6.45) is 1.75. The molecule has 6 heteroatoms. The van der Waals surface area contributed by atoms with Gasteiger partial charge >= 0.3 is 5.97 Å². The van der Waals surface area contributed by atoms with Gasteiger partial charge in [0.1, 0.15) is 5.82 Å². The Morgan fingerprint density at radius 1 is 1.21 bits per heavy atom. The van der Waals surface area contributed by atoms with Crippen LogP contribution in [0.3, 0.4) is 0 Å². The maximum Gasteiger partial charge on any atom is 0.338 e. The number of carbonyl (C=O) groups excluding carboxylic acids is 2. The zero-order chi connectivity index (χ0) is 20.8. The van der Waals surface area contributed by atoms with E-state index in [2.05, 4.69) is 10.2 Å². The third-order valence-corrected chi connectivity index (χ3v) is 5.28. The highest BCUT2D eigenvalue weighted by molar-refractivity contribution is 5.97. The van der Waals surface area contributed by atoms with Gasteiger partial charge in [0.05, 0.1) is 18.1 Å². The maximum atomic E-state index is 13.1. The molecule has 0 spiro atoms. The highest BCUT2D eigenvalue weighted by atomic mass is 19.1. The third-order valence-electron chi connectivity index (χ3n) is 5.28. The second-order valence-electron chi connectivity index (χ2n) is 7.39. The number of piperidine rings is 1. The van der Waals surface area contributed by atoms with Crippen LogP contribution in [0.2, 0.25) is 0 Å². The van der Waals surface area contributed by atoms with Crippen LogP contribution < -0.4 is 5.32 Å². The van der Waals surface area contributed by atoms with Gasteiger partial charge in [0.25, 0.3) is 0 Å². The summed E-state index contributed by atoms with van der Waals surface area (Å²) < 4.78 is 18.2. The number of hydrogen-bond acceptors (Lipinski definition) is 4. The Labute approximate surface area is 170 Å².